The van der Waals surface area contributed by atoms with Crippen molar-refractivity contribution in [3.05, 3.63) is 28.1 Å². The lowest BCUT2D eigenvalue weighted by molar-refractivity contribution is -0.137. The molecule has 24 heavy (non-hydrogen) atoms. The summed E-state index contributed by atoms with van der Waals surface area (Å²) in [7, 11) is 0. The Morgan fingerprint density at radius 3 is 2.50 bits per heavy atom. The fraction of sp³-hybridized carbons (Fsp3) is 0.579. The Kier molecular flexibility index (Phi) is 5.72. The van der Waals surface area contributed by atoms with Crippen LogP contribution in [0.25, 0.3) is 5.57 Å². The Bertz CT molecular complexity index is 615. The van der Waals surface area contributed by atoms with Gasteiger partial charge in [0, 0.05) is 24.5 Å². The van der Waals surface area contributed by atoms with Gasteiger partial charge in [-0.3, -0.25) is 14.5 Å². The van der Waals surface area contributed by atoms with Crippen LogP contribution in [0.4, 0.5) is 0 Å². The quantitative estimate of drug-likeness (QED) is 0.555. The maximum atomic E-state index is 13.0. The van der Waals surface area contributed by atoms with Crippen LogP contribution >= 0.6 is 11.3 Å². The van der Waals surface area contributed by atoms with E-state index in [1.54, 1.807) is 11.3 Å². The van der Waals surface area contributed by atoms with Crippen molar-refractivity contribution in [2.75, 3.05) is 19.6 Å². The highest BCUT2D eigenvalue weighted by Gasteiger charge is 2.41. The summed E-state index contributed by atoms with van der Waals surface area (Å²) in [6.45, 7) is 4.47. The van der Waals surface area contributed by atoms with Crippen LogP contribution in [0.15, 0.2) is 23.2 Å². The number of carbonyl (C=O) groups excluding carboxylic acids is 2. The second-order valence-electron chi connectivity index (χ2n) is 6.57. The lowest BCUT2D eigenvalue weighted by atomic mass is 10.1. The second kappa shape index (κ2) is 7.97. The molecule has 3 rings (SSSR count). The van der Waals surface area contributed by atoms with Crippen molar-refractivity contribution in [1.82, 2.24) is 9.80 Å². The van der Waals surface area contributed by atoms with Gasteiger partial charge < -0.3 is 4.90 Å². The van der Waals surface area contributed by atoms with Gasteiger partial charge in [-0.15, -0.1) is 11.3 Å². The number of hydrogen-bond donors (Lipinski definition) is 0. The van der Waals surface area contributed by atoms with Gasteiger partial charge >= 0.3 is 0 Å². The number of imide groups is 1. The average Bonchev–Trinajstić information content (AvgIpc) is 3.20. The Morgan fingerprint density at radius 1 is 1.04 bits per heavy atom. The van der Waals surface area contributed by atoms with Gasteiger partial charge in [0.2, 0.25) is 0 Å². The molecule has 3 heterocycles. The number of likely N-dealkylation sites (tertiary alicyclic amines) is 1. The van der Waals surface area contributed by atoms with E-state index in [-0.39, 0.29) is 11.8 Å². The van der Waals surface area contributed by atoms with Gasteiger partial charge in [0.15, 0.2) is 0 Å². The van der Waals surface area contributed by atoms with E-state index >= 15 is 0 Å². The maximum Gasteiger partial charge on any atom is 0.277 e. The predicted octanol–water partition coefficient (Wildman–Crippen LogP) is 3.89. The fourth-order valence-electron chi connectivity index (χ4n) is 3.52. The van der Waals surface area contributed by atoms with Crippen molar-refractivity contribution in [2.45, 2.75) is 51.9 Å². The minimum atomic E-state index is -0.0977. The Balaban J connectivity index is 1.84. The Labute approximate surface area is 148 Å². The fourth-order valence-corrected chi connectivity index (χ4v) is 4.28. The van der Waals surface area contributed by atoms with Crippen LogP contribution in [-0.4, -0.2) is 41.2 Å². The predicted molar refractivity (Wildman–Crippen MR) is 97.5 cm³/mol. The first-order valence-electron chi connectivity index (χ1n) is 9.13. The number of hydrogen-bond acceptors (Lipinski definition) is 4. The molecule has 130 valence electrons. The number of thiophene rings is 1. The highest BCUT2D eigenvalue weighted by atomic mass is 32.1. The summed E-state index contributed by atoms with van der Waals surface area (Å²) in [5.74, 6) is -0.179. The molecule has 2 aliphatic heterocycles. The standard InChI is InChI=1S/C19H26N2O2S/c1-2-3-4-8-13-21-18(22)16(15-10-9-14-24-15)17(19(21)23)20-11-6-5-7-12-20/h9-10,14H,2-8,11-13H2,1H3. The van der Waals surface area contributed by atoms with E-state index in [1.165, 1.54) is 11.3 Å². The first kappa shape index (κ1) is 17.2. The van der Waals surface area contributed by atoms with Crippen molar-refractivity contribution in [1.29, 1.82) is 0 Å². The van der Waals surface area contributed by atoms with Gasteiger partial charge in [-0.05, 0) is 37.1 Å². The smallest absolute Gasteiger partial charge is 0.277 e. The highest BCUT2D eigenvalue weighted by Crippen LogP contribution is 2.35. The molecule has 2 aliphatic rings. The molecule has 2 amide bonds. The summed E-state index contributed by atoms with van der Waals surface area (Å²) in [5.41, 5.74) is 1.28. The first-order valence-corrected chi connectivity index (χ1v) is 10.0. The molecule has 0 N–H and O–H groups in total. The van der Waals surface area contributed by atoms with Crippen LogP contribution in [-0.2, 0) is 9.59 Å². The van der Waals surface area contributed by atoms with E-state index in [9.17, 15) is 9.59 Å². The molecule has 1 aromatic rings. The highest BCUT2D eigenvalue weighted by molar-refractivity contribution is 7.11. The molecule has 5 heteroatoms. The van der Waals surface area contributed by atoms with Gasteiger partial charge in [0.05, 0.1) is 5.57 Å². The van der Waals surface area contributed by atoms with Crippen LogP contribution < -0.4 is 0 Å². The number of unbranched alkanes of at least 4 members (excludes halogenated alkanes) is 3. The number of piperidine rings is 1. The molecule has 0 radical (unpaired) electrons. The second-order valence-corrected chi connectivity index (χ2v) is 7.52. The summed E-state index contributed by atoms with van der Waals surface area (Å²) < 4.78 is 0. The summed E-state index contributed by atoms with van der Waals surface area (Å²) in [4.78, 5) is 30.5. The minimum Gasteiger partial charge on any atom is -0.366 e. The zero-order chi connectivity index (χ0) is 16.9. The molecule has 0 aromatic carbocycles. The lowest BCUT2D eigenvalue weighted by Gasteiger charge is -2.29. The van der Waals surface area contributed by atoms with Gasteiger partial charge in [-0.2, -0.15) is 0 Å². The van der Waals surface area contributed by atoms with Gasteiger partial charge in [-0.25, -0.2) is 0 Å². The van der Waals surface area contributed by atoms with E-state index in [0.717, 1.165) is 56.5 Å². The summed E-state index contributed by atoms with van der Waals surface area (Å²) in [6.07, 6.45) is 7.68. The summed E-state index contributed by atoms with van der Waals surface area (Å²) in [5, 5.41) is 1.97. The topological polar surface area (TPSA) is 40.6 Å². The lowest BCUT2D eigenvalue weighted by Crippen LogP contribution is -2.37. The largest absolute Gasteiger partial charge is 0.366 e. The first-order chi connectivity index (χ1) is 11.7. The minimum absolute atomic E-state index is 0.0817. The van der Waals surface area contributed by atoms with Crippen molar-refractivity contribution in [3.63, 3.8) is 0 Å². The molecular formula is C19H26N2O2S. The van der Waals surface area contributed by atoms with E-state index in [2.05, 4.69) is 11.8 Å². The van der Waals surface area contributed by atoms with Crippen molar-refractivity contribution in [3.8, 4) is 0 Å². The molecule has 0 saturated carbocycles. The summed E-state index contributed by atoms with van der Waals surface area (Å²) in [6, 6.07) is 3.90. The zero-order valence-corrected chi connectivity index (χ0v) is 15.2. The third-order valence-electron chi connectivity index (χ3n) is 4.82. The zero-order valence-electron chi connectivity index (χ0n) is 14.4. The number of carbonyl (C=O) groups is 2. The van der Waals surface area contributed by atoms with Crippen LogP contribution in [0, 0.1) is 0 Å². The van der Waals surface area contributed by atoms with Gasteiger partial charge in [0.1, 0.15) is 5.70 Å². The number of amides is 2. The SMILES string of the molecule is CCCCCCN1C(=O)C(c2cccs2)=C(N2CCCCC2)C1=O. The Hall–Kier alpha value is -1.62. The third kappa shape index (κ3) is 3.41. The number of nitrogens with zero attached hydrogens (tertiary/aromatic N) is 2. The Morgan fingerprint density at radius 2 is 1.83 bits per heavy atom. The molecule has 0 atom stereocenters. The molecule has 4 nitrogen and oxygen atoms in total. The van der Waals surface area contributed by atoms with Crippen LogP contribution in [0.1, 0.15) is 56.7 Å². The molecule has 0 aliphatic carbocycles. The van der Waals surface area contributed by atoms with E-state index < -0.39 is 0 Å². The molecule has 0 spiro atoms. The van der Waals surface area contributed by atoms with Gasteiger partial charge in [0.25, 0.3) is 11.8 Å². The van der Waals surface area contributed by atoms with Gasteiger partial charge in [-0.1, -0.05) is 32.3 Å². The molecule has 1 saturated heterocycles. The van der Waals surface area contributed by atoms with E-state index in [4.69, 9.17) is 0 Å². The molecule has 0 unspecified atom stereocenters. The van der Waals surface area contributed by atoms with Crippen molar-refractivity contribution < 1.29 is 9.59 Å². The molecule has 1 fully saturated rings. The van der Waals surface area contributed by atoms with E-state index in [1.807, 2.05) is 17.5 Å². The average molecular weight is 346 g/mol. The monoisotopic (exact) mass is 346 g/mol. The molecule has 0 bridgehead atoms. The van der Waals surface area contributed by atoms with Crippen molar-refractivity contribution >= 4 is 28.7 Å². The summed E-state index contributed by atoms with van der Waals surface area (Å²) >= 11 is 1.54. The molecule has 1 aromatic heterocycles. The maximum absolute atomic E-state index is 13.0. The van der Waals surface area contributed by atoms with Crippen LogP contribution in [0.2, 0.25) is 0 Å². The number of rotatable bonds is 7. The van der Waals surface area contributed by atoms with Crippen LogP contribution in [0.3, 0.4) is 0 Å². The molecular weight excluding hydrogens is 320 g/mol. The third-order valence-corrected chi connectivity index (χ3v) is 5.71. The van der Waals surface area contributed by atoms with E-state index in [0.29, 0.717) is 17.8 Å². The van der Waals surface area contributed by atoms with Crippen LogP contribution in [0.5, 0.6) is 0 Å². The van der Waals surface area contributed by atoms with Crippen molar-refractivity contribution in [2.24, 2.45) is 0 Å². The normalized spacial score (nSPS) is 18.9.